The molecule has 1 fully saturated rings. The fraction of sp³-hybridized carbons (Fsp3) is 0.471. The highest BCUT2D eigenvalue weighted by atomic mass is 32.2. The van der Waals surface area contributed by atoms with Crippen LogP contribution in [0.25, 0.3) is 0 Å². The van der Waals surface area contributed by atoms with Gasteiger partial charge in [0, 0.05) is 20.0 Å². The first kappa shape index (κ1) is 19.8. The van der Waals surface area contributed by atoms with Crippen molar-refractivity contribution in [2.24, 2.45) is 13.0 Å². The van der Waals surface area contributed by atoms with E-state index >= 15 is 0 Å². The molecular formula is C17H21FN4O3S2. The highest BCUT2D eigenvalue weighted by molar-refractivity contribution is 7.99. The van der Waals surface area contributed by atoms with Gasteiger partial charge in [0.2, 0.25) is 5.91 Å². The molecule has 0 unspecified atom stereocenters. The number of sulfone groups is 1. The molecule has 0 spiro atoms. The van der Waals surface area contributed by atoms with E-state index in [0.29, 0.717) is 24.5 Å². The number of hydrogen-bond donors (Lipinski definition) is 1. The molecule has 1 saturated heterocycles. The standard InChI is InChI=1S/C17H21FN4O3S2/c1-22-15(8-13-6-7-27(24,25)11-13)20-21-17(22)26-10-16(23)19-9-12-2-4-14(18)5-3-12/h2-5,13H,6-11H2,1H3,(H,19,23)/t13-/m1/s1. The van der Waals surface area contributed by atoms with Crippen molar-refractivity contribution in [1.82, 2.24) is 20.1 Å². The molecule has 0 aliphatic carbocycles. The summed E-state index contributed by atoms with van der Waals surface area (Å²) in [6.07, 6.45) is 1.23. The number of amides is 1. The van der Waals surface area contributed by atoms with E-state index < -0.39 is 9.84 Å². The largest absolute Gasteiger partial charge is 0.351 e. The second kappa shape index (κ2) is 8.39. The van der Waals surface area contributed by atoms with Gasteiger partial charge in [-0.1, -0.05) is 23.9 Å². The summed E-state index contributed by atoms with van der Waals surface area (Å²) in [7, 11) is -1.09. The zero-order valence-corrected chi connectivity index (χ0v) is 16.5. The van der Waals surface area contributed by atoms with Gasteiger partial charge in [-0.05, 0) is 30.0 Å². The van der Waals surface area contributed by atoms with Gasteiger partial charge in [-0.25, -0.2) is 12.8 Å². The molecule has 146 valence electrons. The molecule has 1 aliphatic heterocycles. The van der Waals surface area contributed by atoms with Crippen molar-refractivity contribution < 1.29 is 17.6 Å². The third-order valence-corrected chi connectivity index (χ3v) is 7.32. The lowest BCUT2D eigenvalue weighted by molar-refractivity contribution is -0.118. The smallest absolute Gasteiger partial charge is 0.230 e. The monoisotopic (exact) mass is 412 g/mol. The van der Waals surface area contributed by atoms with E-state index in [4.69, 9.17) is 0 Å². The van der Waals surface area contributed by atoms with Gasteiger partial charge in [-0.2, -0.15) is 0 Å². The zero-order chi connectivity index (χ0) is 19.4. The minimum absolute atomic E-state index is 0.0785. The molecule has 1 amide bonds. The van der Waals surface area contributed by atoms with E-state index in [1.807, 2.05) is 11.6 Å². The Balaban J connectivity index is 1.47. The summed E-state index contributed by atoms with van der Waals surface area (Å²) in [5.41, 5.74) is 0.821. The van der Waals surface area contributed by atoms with Gasteiger partial charge in [-0.15, -0.1) is 10.2 Å². The normalized spacial score (nSPS) is 18.5. The van der Waals surface area contributed by atoms with Crippen LogP contribution in [0.4, 0.5) is 4.39 Å². The molecular weight excluding hydrogens is 391 g/mol. The Morgan fingerprint density at radius 1 is 1.33 bits per heavy atom. The number of benzene rings is 1. The maximum Gasteiger partial charge on any atom is 0.230 e. The Bertz CT molecular complexity index is 913. The topological polar surface area (TPSA) is 93.9 Å². The Hall–Kier alpha value is -1.94. The second-order valence-corrected chi connectivity index (χ2v) is 9.79. The molecule has 3 rings (SSSR count). The van der Waals surface area contributed by atoms with Gasteiger partial charge in [0.05, 0.1) is 17.3 Å². The van der Waals surface area contributed by atoms with Crippen molar-refractivity contribution in [2.45, 2.75) is 24.5 Å². The summed E-state index contributed by atoms with van der Waals surface area (Å²) in [4.78, 5) is 12.0. The summed E-state index contributed by atoms with van der Waals surface area (Å²) >= 11 is 1.27. The van der Waals surface area contributed by atoms with Crippen molar-refractivity contribution in [3.8, 4) is 0 Å². The number of halogens is 1. The Morgan fingerprint density at radius 3 is 2.74 bits per heavy atom. The fourth-order valence-corrected chi connectivity index (χ4v) is 5.55. The second-order valence-electron chi connectivity index (χ2n) is 6.62. The Kier molecular flexibility index (Phi) is 6.15. The van der Waals surface area contributed by atoms with E-state index in [9.17, 15) is 17.6 Å². The molecule has 1 N–H and O–H groups in total. The van der Waals surface area contributed by atoms with E-state index in [1.54, 1.807) is 12.1 Å². The van der Waals surface area contributed by atoms with Gasteiger partial charge < -0.3 is 9.88 Å². The van der Waals surface area contributed by atoms with Crippen molar-refractivity contribution >= 4 is 27.5 Å². The quantitative estimate of drug-likeness (QED) is 0.690. The number of hydrogen-bond acceptors (Lipinski definition) is 6. The number of nitrogens with one attached hydrogen (secondary N) is 1. The van der Waals surface area contributed by atoms with Gasteiger partial charge in [0.1, 0.15) is 11.6 Å². The van der Waals surface area contributed by atoms with Crippen molar-refractivity contribution in [1.29, 1.82) is 0 Å². The van der Waals surface area contributed by atoms with Crippen LogP contribution in [0.1, 0.15) is 17.8 Å². The summed E-state index contributed by atoms with van der Waals surface area (Å²) in [6.45, 7) is 0.333. The van der Waals surface area contributed by atoms with Crippen molar-refractivity contribution in [3.63, 3.8) is 0 Å². The summed E-state index contributed by atoms with van der Waals surface area (Å²) < 4.78 is 37.8. The molecule has 1 aromatic heterocycles. The van der Waals surface area contributed by atoms with E-state index in [-0.39, 0.29) is 34.9 Å². The number of carbonyl (C=O) groups excluding carboxylic acids is 1. The number of nitrogens with zero attached hydrogens (tertiary/aromatic N) is 3. The van der Waals surface area contributed by atoms with E-state index in [1.165, 1.54) is 23.9 Å². The number of aromatic nitrogens is 3. The third kappa shape index (κ3) is 5.52. The average molecular weight is 413 g/mol. The molecule has 0 saturated carbocycles. The molecule has 1 atom stereocenters. The highest BCUT2D eigenvalue weighted by Crippen LogP contribution is 2.23. The lowest BCUT2D eigenvalue weighted by Crippen LogP contribution is -2.24. The first-order chi connectivity index (χ1) is 12.8. The van der Waals surface area contributed by atoms with Gasteiger partial charge >= 0.3 is 0 Å². The zero-order valence-electron chi connectivity index (χ0n) is 14.9. The van der Waals surface area contributed by atoms with Crippen LogP contribution >= 0.6 is 11.8 Å². The minimum Gasteiger partial charge on any atom is -0.351 e. The maximum absolute atomic E-state index is 12.9. The third-order valence-electron chi connectivity index (χ3n) is 4.46. The van der Waals surface area contributed by atoms with Crippen LogP contribution in [-0.2, 0) is 34.6 Å². The maximum atomic E-state index is 12.9. The van der Waals surface area contributed by atoms with Crippen molar-refractivity contribution in [2.75, 3.05) is 17.3 Å². The van der Waals surface area contributed by atoms with Crippen LogP contribution in [0.3, 0.4) is 0 Å². The minimum atomic E-state index is -2.91. The van der Waals surface area contributed by atoms with Crippen LogP contribution in [-0.4, -0.2) is 46.3 Å². The van der Waals surface area contributed by atoms with Crippen LogP contribution in [0.2, 0.25) is 0 Å². The van der Waals surface area contributed by atoms with Gasteiger partial charge in [-0.3, -0.25) is 4.79 Å². The first-order valence-corrected chi connectivity index (χ1v) is 11.4. The summed E-state index contributed by atoms with van der Waals surface area (Å²) in [6, 6.07) is 5.96. The molecule has 27 heavy (non-hydrogen) atoms. The first-order valence-electron chi connectivity index (χ1n) is 8.55. The number of thioether (sulfide) groups is 1. The molecule has 2 heterocycles. The molecule has 1 aliphatic rings. The highest BCUT2D eigenvalue weighted by Gasteiger charge is 2.29. The fourth-order valence-electron chi connectivity index (χ4n) is 2.92. The molecule has 2 aromatic rings. The Labute approximate surface area is 161 Å². The van der Waals surface area contributed by atoms with Gasteiger partial charge in [0.15, 0.2) is 15.0 Å². The number of carbonyl (C=O) groups is 1. The predicted molar refractivity (Wildman–Crippen MR) is 100 cm³/mol. The van der Waals surface area contributed by atoms with Gasteiger partial charge in [0.25, 0.3) is 0 Å². The average Bonchev–Trinajstić information content (AvgIpc) is 3.15. The molecule has 1 aromatic carbocycles. The van der Waals surface area contributed by atoms with Crippen LogP contribution in [0.15, 0.2) is 29.4 Å². The van der Waals surface area contributed by atoms with Crippen LogP contribution in [0, 0.1) is 11.7 Å². The molecule has 7 nitrogen and oxygen atoms in total. The van der Waals surface area contributed by atoms with E-state index in [0.717, 1.165) is 11.4 Å². The SMILES string of the molecule is Cn1c(C[C@H]2CCS(=O)(=O)C2)nnc1SCC(=O)NCc1ccc(F)cc1. The molecule has 0 radical (unpaired) electrons. The van der Waals surface area contributed by atoms with Crippen LogP contribution < -0.4 is 5.32 Å². The summed E-state index contributed by atoms with van der Waals surface area (Å²) in [5.74, 6) is 0.968. The van der Waals surface area contributed by atoms with E-state index in [2.05, 4.69) is 15.5 Å². The number of rotatable bonds is 7. The van der Waals surface area contributed by atoms with Crippen LogP contribution in [0.5, 0.6) is 0 Å². The summed E-state index contributed by atoms with van der Waals surface area (Å²) in [5, 5.41) is 11.6. The lowest BCUT2D eigenvalue weighted by atomic mass is 10.1. The van der Waals surface area contributed by atoms with Crippen molar-refractivity contribution in [3.05, 3.63) is 41.5 Å². The molecule has 0 bridgehead atoms. The molecule has 10 heteroatoms. The lowest BCUT2D eigenvalue weighted by Gasteiger charge is -2.08. The Morgan fingerprint density at radius 2 is 2.07 bits per heavy atom. The predicted octanol–water partition coefficient (Wildman–Crippen LogP) is 1.34.